The fourth-order valence-electron chi connectivity index (χ4n) is 0. The summed E-state index contributed by atoms with van der Waals surface area (Å²) in [7, 11) is 0. The predicted molar refractivity (Wildman–Crippen MR) is 2.06 cm³/mol. The molecule has 39 valence electrons. The summed E-state index contributed by atoms with van der Waals surface area (Å²) in [6.45, 7) is 0. The standard InChI is InChI=1S/Co.Ni.3O.Zn/q2*+2;3*-2;+2. The van der Waals surface area contributed by atoms with Gasteiger partial charge in [0.25, 0.3) is 0 Å². The molecule has 0 saturated heterocycles. The Morgan fingerprint density at radius 3 is 0.667 bits per heavy atom. The summed E-state index contributed by atoms with van der Waals surface area (Å²) in [6.07, 6.45) is 0. The predicted octanol–water partition coefficient (Wildman–Crippen LogP) is -0.364. The van der Waals surface area contributed by atoms with Gasteiger partial charge in [0.05, 0.1) is 0 Å². The number of hydrogen-bond acceptors (Lipinski definition) is 0. The molecule has 0 aromatic heterocycles. The largest absolute Gasteiger partial charge is 2.00 e. The molecule has 0 aliphatic rings. The van der Waals surface area contributed by atoms with Gasteiger partial charge in [-0.25, -0.2) is 0 Å². The maximum Gasteiger partial charge on any atom is 2.00 e. The Hall–Kier alpha value is 1.50. The van der Waals surface area contributed by atoms with Crippen LogP contribution in [0.15, 0.2) is 0 Å². The van der Waals surface area contributed by atoms with E-state index in [1.165, 1.54) is 0 Å². The second-order valence-corrected chi connectivity index (χ2v) is 0. The van der Waals surface area contributed by atoms with Crippen molar-refractivity contribution >= 4 is 0 Å². The van der Waals surface area contributed by atoms with Crippen molar-refractivity contribution in [3.63, 3.8) is 0 Å². The quantitative estimate of drug-likeness (QED) is 0.509. The molecule has 0 aliphatic heterocycles. The van der Waals surface area contributed by atoms with Crippen LogP contribution in [0.25, 0.3) is 0 Å². The van der Waals surface area contributed by atoms with Gasteiger partial charge >= 0.3 is 52.7 Å². The summed E-state index contributed by atoms with van der Waals surface area (Å²) in [5, 5.41) is 0. The average Bonchev–Trinajstić information content (AvgIpc) is 0. The summed E-state index contributed by atoms with van der Waals surface area (Å²) in [5.41, 5.74) is 0. The molecular formula is CoNiO3Zn. The van der Waals surface area contributed by atoms with Crippen molar-refractivity contribution in [2.75, 3.05) is 0 Å². The van der Waals surface area contributed by atoms with E-state index in [-0.39, 0.29) is 69.2 Å². The van der Waals surface area contributed by atoms with Crippen LogP contribution >= 0.6 is 0 Å². The van der Waals surface area contributed by atoms with E-state index in [9.17, 15) is 0 Å². The van der Waals surface area contributed by atoms with Gasteiger partial charge < -0.3 is 16.4 Å². The third-order valence-electron chi connectivity index (χ3n) is 0. The maximum absolute atomic E-state index is 0. The first-order valence-corrected chi connectivity index (χ1v) is 0. The second-order valence-electron chi connectivity index (χ2n) is 0. The van der Waals surface area contributed by atoms with Crippen LogP contribution in [0.5, 0.6) is 0 Å². The van der Waals surface area contributed by atoms with E-state index in [1.807, 2.05) is 0 Å². The summed E-state index contributed by atoms with van der Waals surface area (Å²) in [6, 6.07) is 0. The average molecular weight is 231 g/mol. The Kier molecular flexibility index (Phi) is 2040. The summed E-state index contributed by atoms with van der Waals surface area (Å²) < 4.78 is 0. The fourth-order valence-corrected chi connectivity index (χ4v) is 0. The summed E-state index contributed by atoms with van der Waals surface area (Å²) in [5.74, 6) is 0. The van der Waals surface area contributed by atoms with Crippen molar-refractivity contribution < 1.29 is 69.2 Å². The van der Waals surface area contributed by atoms with Gasteiger partial charge in [0.15, 0.2) is 0 Å². The van der Waals surface area contributed by atoms with E-state index in [1.54, 1.807) is 0 Å². The van der Waals surface area contributed by atoms with Crippen LogP contribution in [0.2, 0.25) is 0 Å². The minimum Gasteiger partial charge on any atom is -2.00 e. The smallest absolute Gasteiger partial charge is 2.00 e. The van der Waals surface area contributed by atoms with E-state index in [4.69, 9.17) is 0 Å². The van der Waals surface area contributed by atoms with Gasteiger partial charge in [-0.15, -0.1) is 0 Å². The molecule has 0 rings (SSSR count). The van der Waals surface area contributed by atoms with Crippen molar-refractivity contribution in [3.8, 4) is 0 Å². The van der Waals surface area contributed by atoms with E-state index < -0.39 is 0 Å². The van der Waals surface area contributed by atoms with E-state index in [0.717, 1.165) is 0 Å². The normalized spacial score (nSPS) is 0. The first-order valence-electron chi connectivity index (χ1n) is 0. The molecule has 0 N–H and O–H groups in total. The summed E-state index contributed by atoms with van der Waals surface area (Å²) in [4.78, 5) is 0. The van der Waals surface area contributed by atoms with Crippen LogP contribution in [0.4, 0.5) is 0 Å². The monoisotopic (exact) mass is 229 g/mol. The zero-order valence-electron chi connectivity index (χ0n) is 2.58. The summed E-state index contributed by atoms with van der Waals surface area (Å²) >= 11 is 0. The van der Waals surface area contributed by atoms with Gasteiger partial charge in [-0.3, -0.25) is 0 Å². The van der Waals surface area contributed by atoms with Crippen molar-refractivity contribution in [2.45, 2.75) is 0 Å². The molecule has 6 heteroatoms. The molecule has 6 heavy (non-hydrogen) atoms. The Morgan fingerprint density at radius 2 is 0.667 bits per heavy atom. The molecule has 0 amide bonds. The van der Waals surface area contributed by atoms with Gasteiger partial charge in [0.2, 0.25) is 0 Å². The molecule has 0 atom stereocenters. The second kappa shape index (κ2) is 87.1. The Balaban J connectivity index is 0. The Labute approximate surface area is 69.1 Å². The molecule has 0 fully saturated rings. The first-order chi connectivity index (χ1) is 0. The molecular weight excluding hydrogens is 231 g/mol. The van der Waals surface area contributed by atoms with Crippen LogP contribution < -0.4 is 0 Å². The van der Waals surface area contributed by atoms with Gasteiger partial charge in [0.1, 0.15) is 0 Å². The Morgan fingerprint density at radius 1 is 0.667 bits per heavy atom. The van der Waals surface area contributed by atoms with Crippen LogP contribution in [0.1, 0.15) is 0 Å². The molecule has 1 radical (unpaired) electrons. The minimum absolute atomic E-state index is 0. The van der Waals surface area contributed by atoms with Crippen molar-refractivity contribution in [3.05, 3.63) is 0 Å². The third-order valence-corrected chi connectivity index (χ3v) is 0. The molecule has 0 spiro atoms. The molecule has 0 aliphatic carbocycles. The molecule has 3 nitrogen and oxygen atoms in total. The van der Waals surface area contributed by atoms with Crippen molar-refractivity contribution in [1.29, 1.82) is 0 Å². The molecule has 0 saturated carbocycles. The fraction of sp³-hybridized carbons (Fsp3) is 0. The van der Waals surface area contributed by atoms with Gasteiger partial charge in [-0.05, 0) is 0 Å². The van der Waals surface area contributed by atoms with Crippen LogP contribution in [0.3, 0.4) is 0 Å². The first kappa shape index (κ1) is 140. The SMILES string of the molecule is [Co+2].[Ni+2].[O-2].[O-2].[O-2].[Zn+2]. The van der Waals surface area contributed by atoms with Crippen LogP contribution in [-0.4, -0.2) is 0 Å². The zero-order valence-corrected chi connectivity index (χ0v) is 7.58. The number of rotatable bonds is 0. The maximum atomic E-state index is 0. The molecule has 0 aromatic rings. The minimum atomic E-state index is 0. The van der Waals surface area contributed by atoms with Gasteiger partial charge in [0, 0.05) is 0 Å². The van der Waals surface area contributed by atoms with Crippen LogP contribution in [-0.2, 0) is 69.2 Å². The molecule has 0 unspecified atom stereocenters. The Bertz CT molecular complexity index is 10.8. The van der Waals surface area contributed by atoms with Crippen molar-refractivity contribution in [1.82, 2.24) is 0 Å². The van der Waals surface area contributed by atoms with E-state index in [0.29, 0.717) is 0 Å². The van der Waals surface area contributed by atoms with E-state index in [2.05, 4.69) is 0 Å². The molecule has 0 aromatic carbocycles. The van der Waals surface area contributed by atoms with Crippen molar-refractivity contribution in [2.24, 2.45) is 0 Å². The molecule has 0 bridgehead atoms. The van der Waals surface area contributed by atoms with E-state index >= 15 is 0 Å². The topological polar surface area (TPSA) is 85.5 Å². The number of hydrogen-bond donors (Lipinski definition) is 0. The zero-order chi connectivity index (χ0) is 0. The third kappa shape index (κ3) is 49.4. The van der Waals surface area contributed by atoms with Gasteiger partial charge in [-0.2, -0.15) is 0 Å². The van der Waals surface area contributed by atoms with Gasteiger partial charge in [-0.1, -0.05) is 0 Å². The van der Waals surface area contributed by atoms with Crippen LogP contribution in [0, 0.1) is 0 Å². The molecule has 0 heterocycles.